The first kappa shape index (κ1) is 23.4. The summed E-state index contributed by atoms with van der Waals surface area (Å²) in [4.78, 5) is 27.2. The van der Waals surface area contributed by atoms with Crippen molar-refractivity contribution in [3.05, 3.63) is 97.8 Å². The fourth-order valence-electron chi connectivity index (χ4n) is 3.29. The molecule has 5 nitrogen and oxygen atoms in total. The van der Waals surface area contributed by atoms with Crippen LogP contribution < -0.4 is 9.47 Å². The van der Waals surface area contributed by atoms with E-state index < -0.39 is 0 Å². The van der Waals surface area contributed by atoms with E-state index in [4.69, 9.17) is 21.1 Å². The number of hydrogen-bond acceptors (Lipinski definition) is 5. The van der Waals surface area contributed by atoms with E-state index in [2.05, 4.69) is 15.9 Å². The summed E-state index contributed by atoms with van der Waals surface area (Å²) in [5.41, 5.74) is 2.45. The Hall–Kier alpha value is -2.74. The third kappa shape index (κ3) is 5.61. The highest BCUT2D eigenvalue weighted by atomic mass is 79.9. The molecule has 0 aromatic heterocycles. The van der Waals surface area contributed by atoms with Gasteiger partial charge in [0, 0.05) is 15.1 Å². The molecule has 168 valence electrons. The quantitative estimate of drug-likeness (QED) is 0.302. The number of ether oxygens (including phenoxy) is 2. The lowest BCUT2D eigenvalue weighted by Crippen LogP contribution is -2.27. The number of amides is 2. The summed E-state index contributed by atoms with van der Waals surface area (Å²) < 4.78 is 12.4. The minimum absolute atomic E-state index is 0.208. The molecule has 3 aromatic rings. The lowest BCUT2D eigenvalue weighted by molar-refractivity contribution is -0.123. The second kappa shape index (κ2) is 10.5. The van der Waals surface area contributed by atoms with Gasteiger partial charge in [0.2, 0.25) is 0 Å². The van der Waals surface area contributed by atoms with Gasteiger partial charge in [-0.25, -0.2) is 0 Å². The number of rotatable bonds is 7. The van der Waals surface area contributed by atoms with Crippen LogP contribution in [0.25, 0.3) is 6.08 Å². The third-order valence-electron chi connectivity index (χ3n) is 4.92. The van der Waals surface area contributed by atoms with Crippen molar-refractivity contribution in [2.75, 3.05) is 7.11 Å². The van der Waals surface area contributed by atoms with Crippen molar-refractivity contribution >= 4 is 56.5 Å². The van der Waals surface area contributed by atoms with Crippen molar-refractivity contribution in [1.29, 1.82) is 0 Å². The summed E-state index contributed by atoms with van der Waals surface area (Å²) in [6.45, 7) is 0.502. The number of benzene rings is 3. The number of para-hydroxylation sites is 1. The molecule has 1 aliphatic rings. The van der Waals surface area contributed by atoms with E-state index in [1.807, 2.05) is 48.5 Å². The second-order valence-electron chi connectivity index (χ2n) is 7.19. The largest absolute Gasteiger partial charge is 0.493 e. The molecule has 0 spiro atoms. The fraction of sp³-hybridized carbons (Fsp3) is 0.120. The fourth-order valence-corrected chi connectivity index (χ4v) is 4.70. The van der Waals surface area contributed by atoms with Gasteiger partial charge in [0.1, 0.15) is 6.61 Å². The molecule has 0 aliphatic carbocycles. The van der Waals surface area contributed by atoms with E-state index in [9.17, 15) is 9.59 Å². The third-order valence-corrected chi connectivity index (χ3v) is 6.57. The van der Waals surface area contributed by atoms with Gasteiger partial charge in [-0.15, -0.1) is 0 Å². The molecule has 3 aromatic carbocycles. The monoisotopic (exact) mass is 543 g/mol. The standard InChI is InChI=1S/C25H19BrClNO4S/c1-31-21-7-3-5-18(23(21)32-15-16-8-10-20(27)11-9-16)13-22-24(29)28(25(30)33-22)14-17-4-2-6-19(26)12-17/h2-13H,14-15H2,1H3/b22-13+. The Morgan fingerprint density at radius 3 is 2.52 bits per heavy atom. The number of nitrogens with zero attached hydrogens (tertiary/aromatic N) is 1. The molecule has 0 unspecified atom stereocenters. The number of hydrogen-bond donors (Lipinski definition) is 0. The molecule has 0 bridgehead atoms. The molecule has 1 heterocycles. The average molecular weight is 545 g/mol. The first-order chi connectivity index (χ1) is 15.9. The average Bonchev–Trinajstić information content (AvgIpc) is 3.06. The van der Waals surface area contributed by atoms with Gasteiger partial charge in [-0.2, -0.15) is 0 Å². The summed E-state index contributed by atoms with van der Waals surface area (Å²) in [6, 6.07) is 20.3. The molecule has 2 amide bonds. The summed E-state index contributed by atoms with van der Waals surface area (Å²) in [5, 5.41) is 0.341. The van der Waals surface area contributed by atoms with Crippen LogP contribution in [0.3, 0.4) is 0 Å². The van der Waals surface area contributed by atoms with E-state index in [0.717, 1.165) is 27.4 Å². The van der Waals surface area contributed by atoms with Crippen molar-refractivity contribution < 1.29 is 19.1 Å². The van der Waals surface area contributed by atoms with Gasteiger partial charge in [-0.1, -0.05) is 63.9 Å². The summed E-state index contributed by atoms with van der Waals surface area (Å²) in [5.74, 6) is 0.691. The predicted octanol–water partition coefficient (Wildman–Crippen LogP) is 6.93. The normalized spacial score (nSPS) is 14.8. The molecule has 0 radical (unpaired) electrons. The van der Waals surface area contributed by atoms with Crippen LogP contribution in [-0.2, 0) is 17.9 Å². The summed E-state index contributed by atoms with van der Waals surface area (Å²) in [6.07, 6.45) is 1.67. The zero-order valence-corrected chi connectivity index (χ0v) is 20.7. The van der Waals surface area contributed by atoms with Gasteiger partial charge in [0.15, 0.2) is 11.5 Å². The minimum Gasteiger partial charge on any atom is -0.493 e. The van der Waals surface area contributed by atoms with Crippen molar-refractivity contribution in [2.24, 2.45) is 0 Å². The highest BCUT2D eigenvalue weighted by molar-refractivity contribution is 9.10. The Labute approximate surface area is 209 Å². The number of halogens is 2. The van der Waals surface area contributed by atoms with Gasteiger partial charge < -0.3 is 9.47 Å². The van der Waals surface area contributed by atoms with Gasteiger partial charge in [-0.05, 0) is 59.3 Å². The second-order valence-corrected chi connectivity index (χ2v) is 9.54. The molecule has 1 aliphatic heterocycles. The van der Waals surface area contributed by atoms with Crippen LogP contribution in [0.1, 0.15) is 16.7 Å². The van der Waals surface area contributed by atoms with Crippen molar-refractivity contribution in [3.63, 3.8) is 0 Å². The predicted molar refractivity (Wildman–Crippen MR) is 134 cm³/mol. The molecule has 0 saturated carbocycles. The Kier molecular flexibility index (Phi) is 7.42. The van der Waals surface area contributed by atoms with Crippen LogP contribution in [-0.4, -0.2) is 23.2 Å². The molecule has 1 fully saturated rings. The van der Waals surface area contributed by atoms with Gasteiger partial charge in [0.05, 0.1) is 18.6 Å². The molecule has 0 N–H and O–H groups in total. The maximum atomic E-state index is 13.0. The summed E-state index contributed by atoms with van der Waals surface area (Å²) >= 11 is 10.3. The van der Waals surface area contributed by atoms with E-state index >= 15 is 0 Å². The molecule has 33 heavy (non-hydrogen) atoms. The van der Waals surface area contributed by atoms with E-state index in [0.29, 0.717) is 33.6 Å². The molecule has 1 saturated heterocycles. The number of carbonyl (C=O) groups is 2. The van der Waals surface area contributed by atoms with Crippen molar-refractivity contribution in [2.45, 2.75) is 13.2 Å². The van der Waals surface area contributed by atoms with Crippen LogP contribution in [0.5, 0.6) is 11.5 Å². The minimum atomic E-state index is -0.337. The van der Waals surface area contributed by atoms with E-state index in [1.165, 1.54) is 4.90 Å². The van der Waals surface area contributed by atoms with Crippen LogP contribution >= 0.6 is 39.3 Å². The molecular weight excluding hydrogens is 526 g/mol. The Morgan fingerprint density at radius 2 is 1.79 bits per heavy atom. The van der Waals surface area contributed by atoms with Gasteiger partial charge in [-0.3, -0.25) is 14.5 Å². The molecule has 8 heteroatoms. The number of methoxy groups -OCH3 is 1. The Bertz CT molecular complexity index is 1230. The zero-order chi connectivity index (χ0) is 23.4. The highest BCUT2D eigenvalue weighted by Gasteiger charge is 2.35. The topological polar surface area (TPSA) is 55.8 Å². The van der Waals surface area contributed by atoms with Crippen molar-refractivity contribution in [1.82, 2.24) is 4.90 Å². The van der Waals surface area contributed by atoms with Gasteiger partial charge >= 0.3 is 0 Å². The maximum absolute atomic E-state index is 13.0. The smallest absolute Gasteiger partial charge is 0.293 e. The zero-order valence-electron chi connectivity index (χ0n) is 17.6. The SMILES string of the molecule is COc1cccc(/C=C2/SC(=O)N(Cc3cccc(Br)c3)C2=O)c1OCc1ccc(Cl)cc1. The van der Waals surface area contributed by atoms with Crippen LogP contribution in [0, 0.1) is 0 Å². The first-order valence-corrected chi connectivity index (χ1v) is 12.0. The molecule has 0 atom stereocenters. The Balaban J connectivity index is 1.58. The number of imide groups is 1. The summed E-state index contributed by atoms with van der Waals surface area (Å²) in [7, 11) is 1.56. The van der Waals surface area contributed by atoms with Crippen LogP contribution in [0.4, 0.5) is 4.79 Å². The molecular formula is C25H19BrClNO4S. The number of carbonyl (C=O) groups excluding carboxylic acids is 2. The van der Waals surface area contributed by atoms with Gasteiger partial charge in [0.25, 0.3) is 11.1 Å². The van der Waals surface area contributed by atoms with E-state index in [-0.39, 0.29) is 17.7 Å². The lowest BCUT2D eigenvalue weighted by Gasteiger charge is -2.14. The van der Waals surface area contributed by atoms with Crippen LogP contribution in [0.15, 0.2) is 76.1 Å². The highest BCUT2D eigenvalue weighted by Crippen LogP contribution is 2.38. The molecule has 4 rings (SSSR count). The number of thioether (sulfide) groups is 1. The van der Waals surface area contributed by atoms with Crippen LogP contribution in [0.2, 0.25) is 5.02 Å². The van der Waals surface area contributed by atoms with Crippen molar-refractivity contribution in [3.8, 4) is 11.5 Å². The van der Waals surface area contributed by atoms with E-state index in [1.54, 1.807) is 31.4 Å². The lowest BCUT2D eigenvalue weighted by atomic mass is 10.1. The first-order valence-electron chi connectivity index (χ1n) is 9.98. The Morgan fingerprint density at radius 1 is 1.03 bits per heavy atom. The maximum Gasteiger partial charge on any atom is 0.293 e.